The molecule has 2 nitrogen and oxygen atoms in total. The number of rotatable bonds is 0. The second-order valence-corrected chi connectivity index (χ2v) is 1.26. The molecule has 1 N–H and O–H groups in total. The lowest BCUT2D eigenvalue weighted by atomic mass is 10.6. The summed E-state index contributed by atoms with van der Waals surface area (Å²) in [4.78, 5) is 8.81. The third-order valence-corrected chi connectivity index (χ3v) is 0. The lowest BCUT2D eigenvalue weighted by Gasteiger charge is -1.52. The largest absolute Gasteiger partial charge is 0.397 e. The van der Waals surface area contributed by atoms with Gasteiger partial charge in [0.1, 0.15) is 6.29 Å². The van der Waals surface area contributed by atoms with Crippen molar-refractivity contribution in [3.8, 4) is 0 Å². The molecular weight excluding hydrogens is 116 g/mol. The Labute approximate surface area is 57.9 Å². The summed E-state index contributed by atoms with van der Waals surface area (Å²) < 4.78 is 0. The fourth-order valence-electron chi connectivity index (χ4n) is 0. The Balaban J connectivity index is -0.0000000600. The Kier molecular flexibility index (Phi) is 85.4. The fourth-order valence-corrected chi connectivity index (χ4v) is 0. The van der Waals surface area contributed by atoms with E-state index < -0.39 is 0 Å². The van der Waals surface area contributed by atoms with Gasteiger partial charge < -0.3 is 9.90 Å². The van der Waals surface area contributed by atoms with Crippen LogP contribution in [0.4, 0.5) is 0 Å². The Bertz CT molecular complexity index is 26.1. The SMILES string of the molecule is CC=O.CCC.CCO. The van der Waals surface area contributed by atoms with Crippen molar-refractivity contribution in [2.24, 2.45) is 0 Å². The number of aldehydes is 1. The number of aliphatic hydroxyl groups excluding tert-OH is 1. The van der Waals surface area contributed by atoms with Gasteiger partial charge in [-0.25, -0.2) is 0 Å². The van der Waals surface area contributed by atoms with Crippen molar-refractivity contribution < 1.29 is 9.90 Å². The van der Waals surface area contributed by atoms with E-state index in [9.17, 15) is 0 Å². The predicted octanol–water partition coefficient (Wildman–Crippen LogP) is 1.62. The van der Waals surface area contributed by atoms with E-state index in [-0.39, 0.29) is 6.61 Å². The van der Waals surface area contributed by atoms with E-state index in [0.29, 0.717) is 0 Å². The van der Waals surface area contributed by atoms with Gasteiger partial charge in [-0.2, -0.15) is 0 Å². The maximum Gasteiger partial charge on any atom is 0.116 e. The van der Waals surface area contributed by atoms with Crippen molar-refractivity contribution >= 4 is 6.29 Å². The third kappa shape index (κ3) is 1770. The first-order chi connectivity index (χ1) is 4.24. The van der Waals surface area contributed by atoms with Crippen LogP contribution in [0, 0.1) is 0 Å². The highest BCUT2D eigenvalue weighted by atomic mass is 16.2. The van der Waals surface area contributed by atoms with Gasteiger partial charge >= 0.3 is 0 Å². The smallest absolute Gasteiger partial charge is 0.116 e. The summed E-state index contributed by atoms with van der Waals surface area (Å²) in [5.41, 5.74) is 0. The predicted molar refractivity (Wildman–Crippen MR) is 40.5 cm³/mol. The van der Waals surface area contributed by atoms with Crippen LogP contribution in [0.5, 0.6) is 0 Å². The van der Waals surface area contributed by atoms with Gasteiger partial charge in [0.15, 0.2) is 0 Å². The number of aliphatic hydroxyl groups is 1. The number of carbonyl (C=O) groups is 1. The van der Waals surface area contributed by atoms with E-state index in [0.717, 1.165) is 6.29 Å². The molecule has 58 valence electrons. The van der Waals surface area contributed by atoms with Gasteiger partial charge in [-0.1, -0.05) is 20.3 Å². The van der Waals surface area contributed by atoms with E-state index in [4.69, 9.17) is 9.90 Å². The van der Waals surface area contributed by atoms with Gasteiger partial charge in [0.25, 0.3) is 0 Å². The molecule has 0 aromatic carbocycles. The Morgan fingerprint density at radius 2 is 1.33 bits per heavy atom. The van der Waals surface area contributed by atoms with Crippen LogP contribution in [0.1, 0.15) is 34.1 Å². The molecule has 0 unspecified atom stereocenters. The zero-order valence-corrected chi connectivity index (χ0v) is 6.85. The summed E-state index contributed by atoms with van der Waals surface area (Å²) in [6, 6.07) is 0. The molecule has 2 heteroatoms. The molecule has 0 bridgehead atoms. The second kappa shape index (κ2) is 48.5. The summed E-state index contributed by atoms with van der Waals surface area (Å²) in [5.74, 6) is 0. The van der Waals surface area contributed by atoms with E-state index >= 15 is 0 Å². The highest BCUT2D eigenvalue weighted by Gasteiger charge is 1.35. The first-order valence-corrected chi connectivity index (χ1v) is 3.25. The van der Waals surface area contributed by atoms with Crippen LogP contribution in [0.2, 0.25) is 0 Å². The monoisotopic (exact) mass is 134 g/mol. The minimum absolute atomic E-state index is 0.250. The molecule has 0 rings (SSSR count). The van der Waals surface area contributed by atoms with E-state index in [1.165, 1.54) is 13.3 Å². The van der Waals surface area contributed by atoms with Gasteiger partial charge in [0, 0.05) is 6.61 Å². The Morgan fingerprint density at radius 3 is 1.33 bits per heavy atom. The highest BCUT2D eigenvalue weighted by molar-refractivity contribution is 5.44. The van der Waals surface area contributed by atoms with Gasteiger partial charge in [-0.3, -0.25) is 0 Å². The first-order valence-electron chi connectivity index (χ1n) is 3.25. The van der Waals surface area contributed by atoms with Crippen LogP contribution >= 0.6 is 0 Å². The van der Waals surface area contributed by atoms with Crippen LogP contribution in [0.3, 0.4) is 0 Å². The summed E-state index contributed by atoms with van der Waals surface area (Å²) in [6.07, 6.45) is 2.00. The lowest BCUT2D eigenvalue weighted by molar-refractivity contribution is -0.106. The first kappa shape index (κ1) is 15.9. The molecule has 0 radical (unpaired) electrons. The van der Waals surface area contributed by atoms with Crippen LogP contribution in [0.15, 0.2) is 0 Å². The molecule has 0 heterocycles. The van der Waals surface area contributed by atoms with Crippen molar-refractivity contribution in [3.05, 3.63) is 0 Å². The average molecular weight is 134 g/mol. The zero-order valence-electron chi connectivity index (χ0n) is 6.85. The van der Waals surface area contributed by atoms with Crippen molar-refractivity contribution in [3.63, 3.8) is 0 Å². The zero-order chi connectivity index (χ0) is 8.12. The van der Waals surface area contributed by atoms with Gasteiger partial charge in [0.05, 0.1) is 0 Å². The number of carbonyl (C=O) groups excluding carboxylic acids is 1. The highest BCUT2D eigenvalue weighted by Crippen LogP contribution is 1.56. The molecule has 0 aliphatic heterocycles. The van der Waals surface area contributed by atoms with Crippen molar-refractivity contribution in [1.82, 2.24) is 0 Å². The molecular formula is C7H18O2. The van der Waals surface area contributed by atoms with Gasteiger partial charge in [0.2, 0.25) is 0 Å². The Morgan fingerprint density at radius 1 is 1.33 bits per heavy atom. The van der Waals surface area contributed by atoms with E-state index in [2.05, 4.69) is 13.8 Å². The minimum atomic E-state index is 0.250. The van der Waals surface area contributed by atoms with Crippen molar-refractivity contribution in [2.75, 3.05) is 6.61 Å². The van der Waals surface area contributed by atoms with E-state index in [1.54, 1.807) is 6.92 Å². The van der Waals surface area contributed by atoms with E-state index in [1.807, 2.05) is 0 Å². The standard InChI is InChI=1S/C3H8.C2H6O.C2H4O/c1-3-2;2*1-2-3/h3H2,1-2H3;3H,2H2,1H3;2H,1H3. The van der Waals surface area contributed by atoms with Crippen LogP contribution in [-0.2, 0) is 4.79 Å². The lowest BCUT2D eigenvalue weighted by Crippen LogP contribution is -1.57. The molecule has 0 aromatic heterocycles. The minimum Gasteiger partial charge on any atom is -0.397 e. The van der Waals surface area contributed by atoms with Crippen LogP contribution in [0.25, 0.3) is 0 Å². The maximum atomic E-state index is 8.81. The molecule has 0 saturated heterocycles. The second-order valence-electron chi connectivity index (χ2n) is 1.26. The molecule has 0 aromatic rings. The molecule has 0 spiro atoms. The average Bonchev–Trinajstić information content (AvgIpc) is 1.70. The Hall–Kier alpha value is -0.370. The molecule has 0 saturated carbocycles. The summed E-state index contributed by atoms with van der Waals surface area (Å²) in [7, 11) is 0. The molecule has 0 aliphatic rings. The van der Waals surface area contributed by atoms with Crippen molar-refractivity contribution in [1.29, 1.82) is 0 Å². The molecule has 0 fully saturated rings. The number of hydrogen-bond acceptors (Lipinski definition) is 2. The maximum absolute atomic E-state index is 8.81. The van der Waals surface area contributed by atoms with Crippen LogP contribution in [-0.4, -0.2) is 18.0 Å². The molecule has 0 aliphatic carbocycles. The molecule has 0 amide bonds. The van der Waals surface area contributed by atoms with Gasteiger partial charge in [-0.15, -0.1) is 0 Å². The van der Waals surface area contributed by atoms with Crippen LogP contribution < -0.4 is 0 Å². The summed E-state index contributed by atoms with van der Waals surface area (Å²) in [5, 5.41) is 7.57. The summed E-state index contributed by atoms with van der Waals surface area (Å²) in [6.45, 7) is 7.62. The molecule has 0 atom stereocenters. The van der Waals surface area contributed by atoms with Gasteiger partial charge in [-0.05, 0) is 13.8 Å². The quantitative estimate of drug-likeness (QED) is 0.511. The molecule has 9 heavy (non-hydrogen) atoms. The normalized spacial score (nSPS) is 5.44. The van der Waals surface area contributed by atoms with Crippen molar-refractivity contribution in [2.45, 2.75) is 34.1 Å². The topological polar surface area (TPSA) is 37.3 Å². The fraction of sp³-hybridized carbons (Fsp3) is 0.857. The third-order valence-electron chi connectivity index (χ3n) is 0. The summed E-state index contributed by atoms with van der Waals surface area (Å²) >= 11 is 0. The number of hydrogen-bond donors (Lipinski definition) is 1.